The Bertz CT molecular complexity index is 1500. The number of allylic oxidation sites excluding steroid dienone is 2. The van der Waals surface area contributed by atoms with E-state index < -0.39 is 11.9 Å². The Morgan fingerprint density at radius 2 is 1.67 bits per heavy atom. The van der Waals surface area contributed by atoms with E-state index in [9.17, 15) is 18.0 Å². The molecule has 0 aliphatic carbocycles. The molecule has 1 aliphatic rings. The Morgan fingerprint density at radius 1 is 0.944 bits per heavy atom. The number of nitrogens with one attached hydrogen (secondary N) is 1. The zero-order valence-electron chi connectivity index (χ0n) is 19.3. The fourth-order valence-electron chi connectivity index (χ4n) is 4.77. The largest absolute Gasteiger partial charge is 0.432 e. The van der Waals surface area contributed by atoms with Gasteiger partial charge in [0, 0.05) is 18.2 Å². The molecule has 0 spiro atoms. The minimum atomic E-state index is -4.54. The molecule has 5 rings (SSSR count). The van der Waals surface area contributed by atoms with Gasteiger partial charge in [0.05, 0.1) is 6.54 Å². The molecular formula is C29H24F3N3O. The molecule has 4 nitrogen and oxygen atoms in total. The quantitative estimate of drug-likeness (QED) is 0.324. The standard InChI is InChI=1S/C29H24F3N3O/c30-29(31,32)27-16-26(21-9-12-24-20(15-21)6-5-18-3-1-2-4-23(18)24)25(13-14-34-27)19-7-10-22(11-8-19)35-28(36)17-33/h1-12,15-16,25H,13-14,17,33H2,(H,35,36). The molecule has 4 aromatic carbocycles. The zero-order chi connectivity index (χ0) is 25.3. The van der Waals surface area contributed by atoms with E-state index in [-0.39, 0.29) is 24.9 Å². The molecule has 1 atom stereocenters. The van der Waals surface area contributed by atoms with Crippen LogP contribution in [0.4, 0.5) is 18.9 Å². The lowest BCUT2D eigenvalue weighted by atomic mass is 9.83. The third-order valence-corrected chi connectivity index (χ3v) is 6.52. The van der Waals surface area contributed by atoms with Crippen LogP contribution in [0.1, 0.15) is 23.5 Å². The highest BCUT2D eigenvalue weighted by Gasteiger charge is 2.36. The Hall–Kier alpha value is -3.97. The predicted octanol–water partition coefficient (Wildman–Crippen LogP) is 6.46. The molecule has 1 aliphatic heterocycles. The van der Waals surface area contributed by atoms with Gasteiger partial charge in [-0.15, -0.1) is 0 Å². The van der Waals surface area contributed by atoms with Crippen molar-refractivity contribution < 1.29 is 18.0 Å². The maximum absolute atomic E-state index is 13.8. The number of hydrogen-bond donors (Lipinski definition) is 2. The lowest BCUT2D eigenvalue weighted by Gasteiger charge is -2.21. The van der Waals surface area contributed by atoms with Gasteiger partial charge >= 0.3 is 6.18 Å². The number of amides is 1. The van der Waals surface area contributed by atoms with Gasteiger partial charge in [-0.3, -0.25) is 9.79 Å². The molecule has 0 radical (unpaired) electrons. The van der Waals surface area contributed by atoms with Crippen molar-refractivity contribution in [3.63, 3.8) is 0 Å². The van der Waals surface area contributed by atoms with Crippen LogP contribution in [0.15, 0.2) is 89.9 Å². The molecule has 0 aromatic heterocycles. The highest BCUT2D eigenvalue weighted by molar-refractivity contribution is 6.09. The second kappa shape index (κ2) is 9.59. The fourth-order valence-corrected chi connectivity index (χ4v) is 4.77. The van der Waals surface area contributed by atoms with Crippen LogP contribution in [0.25, 0.3) is 27.1 Å². The number of nitrogens with two attached hydrogens (primary N) is 1. The number of aliphatic imine (C=N–C) groups is 1. The van der Waals surface area contributed by atoms with Crippen LogP contribution >= 0.6 is 0 Å². The molecule has 4 aromatic rings. The van der Waals surface area contributed by atoms with Crippen molar-refractivity contribution in [3.05, 3.63) is 96.1 Å². The number of carbonyl (C=O) groups excluding carboxylic acids is 1. The molecule has 0 saturated carbocycles. The Morgan fingerprint density at radius 3 is 2.42 bits per heavy atom. The van der Waals surface area contributed by atoms with E-state index in [1.54, 1.807) is 12.1 Å². The van der Waals surface area contributed by atoms with Gasteiger partial charge in [-0.2, -0.15) is 13.2 Å². The Labute approximate surface area is 206 Å². The molecule has 1 amide bonds. The van der Waals surface area contributed by atoms with Gasteiger partial charge in [0.25, 0.3) is 0 Å². The van der Waals surface area contributed by atoms with E-state index in [0.29, 0.717) is 17.7 Å². The van der Waals surface area contributed by atoms with E-state index in [1.807, 2.05) is 66.7 Å². The number of hydrogen-bond acceptors (Lipinski definition) is 3. The molecule has 1 unspecified atom stereocenters. The van der Waals surface area contributed by atoms with Crippen LogP contribution in [-0.2, 0) is 4.79 Å². The van der Waals surface area contributed by atoms with Crippen molar-refractivity contribution in [2.45, 2.75) is 18.5 Å². The van der Waals surface area contributed by atoms with Gasteiger partial charge in [0.15, 0.2) is 0 Å². The zero-order valence-corrected chi connectivity index (χ0v) is 19.3. The van der Waals surface area contributed by atoms with Crippen LogP contribution in [0.5, 0.6) is 0 Å². The monoisotopic (exact) mass is 487 g/mol. The van der Waals surface area contributed by atoms with E-state index in [1.165, 1.54) is 6.08 Å². The van der Waals surface area contributed by atoms with Gasteiger partial charge in [-0.25, -0.2) is 0 Å². The first-order valence-corrected chi connectivity index (χ1v) is 11.7. The maximum Gasteiger partial charge on any atom is 0.432 e. The number of benzene rings is 4. The van der Waals surface area contributed by atoms with Gasteiger partial charge < -0.3 is 11.1 Å². The topological polar surface area (TPSA) is 67.5 Å². The lowest BCUT2D eigenvalue weighted by Crippen LogP contribution is -2.21. The van der Waals surface area contributed by atoms with E-state index >= 15 is 0 Å². The van der Waals surface area contributed by atoms with Crippen molar-refractivity contribution in [3.8, 4) is 0 Å². The summed E-state index contributed by atoms with van der Waals surface area (Å²) in [6.45, 7) is -0.0739. The highest BCUT2D eigenvalue weighted by atomic mass is 19.4. The number of rotatable bonds is 4. The van der Waals surface area contributed by atoms with Crippen LogP contribution in [-0.4, -0.2) is 30.9 Å². The summed E-state index contributed by atoms with van der Waals surface area (Å²) >= 11 is 0. The molecule has 0 saturated heterocycles. The van der Waals surface area contributed by atoms with Crippen molar-refractivity contribution in [2.75, 3.05) is 18.4 Å². The molecular weight excluding hydrogens is 463 g/mol. The summed E-state index contributed by atoms with van der Waals surface area (Å²) in [6, 6.07) is 25.0. The molecule has 0 fully saturated rings. The first-order chi connectivity index (χ1) is 17.3. The molecule has 36 heavy (non-hydrogen) atoms. The fraction of sp³-hybridized carbons (Fsp3) is 0.172. The van der Waals surface area contributed by atoms with Gasteiger partial charge in [-0.1, -0.05) is 60.7 Å². The highest BCUT2D eigenvalue weighted by Crippen LogP contribution is 2.40. The lowest BCUT2D eigenvalue weighted by molar-refractivity contribution is -0.114. The van der Waals surface area contributed by atoms with Crippen molar-refractivity contribution in [1.29, 1.82) is 0 Å². The smallest absolute Gasteiger partial charge is 0.325 e. The van der Waals surface area contributed by atoms with Gasteiger partial charge in [-0.05, 0) is 68.9 Å². The van der Waals surface area contributed by atoms with Crippen molar-refractivity contribution in [1.82, 2.24) is 0 Å². The van der Waals surface area contributed by atoms with Crippen molar-refractivity contribution in [2.24, 2.45) is 10.7 Å². The third-order valence-electron chi connectivity index (χ3n) is 6.52. The van der Waals surface area contributed by atoms with Crippen LogP contribution in [0, 0.1) is 0 Å². The summed E-state index contributed by atoms with van der Waals surface area (Å²) in [5, 5.41) is 6.90. The number of nitrogens with zero attached hydrogens (tertiary/aromatic N) is 1. The summed E-state index contributed by atoms with van der Waals surface area (Å²) in [5.74, 6) is -0.615. The van der Waals surface area contributed by atoms with Gasteiger partial charge in [0.2, 0.25) is 5.91 Å². The second-order valence-corrected chi connectivity index (χ2v) is 8.80. The molecule has 182 valence electrons. The SMILES string of the molecule is NCC(=O)Nc1ccc(C2CCN=C(C(F)(F)F)C=C2c2ccc3c(ccc4ccccc43)c2)cc1. The minimum Gasteiger partial charge on any atom is -0.325 e. The first kappa shape index (κ1) is 23.8. The summed E-state index contributed by atoms with van der Waals surface area (Å²) < 4.78 is 41.3. The van der Waals surface area contributed by atoms with Crippen LogP contribution in [0.3, 0.4) is 0 Å². The van der Waals surface area contributed by atoms with E-state index in [4.69, 9.17) is 5.73 Å². The molecule has 1 heterocycles. The second-order valence-electron chi connectivity index (χ2n) is 8.80. The minimum absolute atomic E-state index is 0.0589. The van der Waals surface area contributed by atoms with Crippen LogP contribution in [0.2, 0.25) is 0 Å². The molecule has 7 heteroatoms. The number of anilines is 1. The number of alkyl halides is 3. The molecule has 3 N–H and O–H groups in total. The van der Waals surface area contributed by atoms with Crippen LogP contribution < -0.4 is 11.1 Å². The average Bonchev–Trinajstić information content (AvgIpc) is 3.12. The predicted molar refractivity (Wildman–Crippen MR) is 139 cm³/mol. The summed E-state index contributed by atoms with van der Waals surface area (Å²) in [5.41, 5.74) is 7.21. The number of fused-ring (bicyclic) bond motifs is 3. The number of halogens is 3. The molecule has 0 bridgehead atoms. The first-order valence-electron chi connectivity index (χ1n) is 11.7. The number of carbonyl (C=O) groups is 1. The third kappa shape index (κ3) is 4.75. The Kier molecular flexibility index (Phi) is 6.33. The van der Waals surface area contributed by atoms with E-state index in [2.05, 4.69) is 10.3 Å². The summed E-state index contributed by atoms with van der Waals surface area (Å²) in [4.78, 5) is 15.5. The van der Waals surface area contributed by atoms with E-state index in [0.717, 1.165) is 32.7 Å². The van der Waals surface area contributed by atoms with Crippen molar-refractivity contribution >= 4 is 44.4 Å². The van der Waals surface area contributed by atoms with Gasteiger partial charge in [0.1, 0.15) is 5.71 Å². The normalized spacial score (nSPS) is 16.4. The summed E-state index contributed by atoms with van der Waals surface area (Å²) in [6.07, 6.45) is -2.93. The Balaban J connectivity index is 1.60. The summed E-state index contributed by atoms with van der Waals surface area (Å²) in [7, 11) is 0. The maximum atomic E-state index is 13.8. The average molecular weight is 488 g/mol.